The number of carbonyl (C=O) groups excluding carboxylic acids is 2. The first-order valence-corrected chi connectivity index (χ1v) is 10.3. The molecule has 1 saturated heterocycles. The lowest BCUT2D eigenvalue weighted by Crippen LogP contribution is -2.36. The van der Waals surface area contributed by atoms with E-state index < -0.39 is 5.91 Å². The Morgan fingerprint density at radius 1 is 1.23 bits per heavy atom. The molecule has 5 rings (SSSR count). The third-order valence-electron chi connectivity index (χ3n) is 5.67. The van der Waals surface area contributed by atoms with Crippen molar-refractivity contribution in [3.63, 3.8) is 0 Å². The van der Waals surface area contributed by atoms with Gasteiger partial charge in [-0.2, -0.15) is 10.1 Å². The summed E-state index contributed by atoms with van der Waals surface area (Å²) in [7, 11) is 3.41. The second kappa shape index (κ2) is 7.65. The molecule has 1 aliphatic heterocycles. The van der Waals surface area contributed by atoms with E-state index in [1.165, 1.54) is 10.9 Å². The van der Waals surface area contributed by atoms with Gasteiger partial charge in [0.1, 0.15) is 5.69 Å². The van der Waals surface area contributed by atoms with Gasteiger partial charge >= 0.3 is 0 Å². The summed E-state index contributed by atoms with van der Waals surface area (Å²) in [4.78, 5) is 34.1. The summed E-state index contributed by atoms with van der Waals surface area (Å²) in [6.07, 6.45) is 5.15. The number of aryl methyl sites for hydroxylation is 1. The molecule has 1 saturated carbocycles. The average Bonchev–Trinajstić information content (AvgIpc) is 3.43. The van der Waals surface area contributed by atoms with Crippen LogP contribution in [0.25, 0.3) is 5.65 Å². The summed E-state index contributed by atoms with van der Waals surface area (Å²) in [5.74, 6) is 0.0393. The van der Waals surface area contributed by atoms with Crippen LogP contribution in [0.1, 0.15) is 33.7 Å². The van der Waals surface area contributed by atoms with Crippen LogP contribution < -0.4 is 10.2 Å². The van der Waals surface area contributed by atoms with Gasteiger partial charge in [0.2, 0.25) is 5.95 Å². The van der Waals surface area contributed by atoms with Crippen LogP contribution in [0.5, 0.6) is 0 Å². The molecule has 2 fully saturated rings. The molecule has 1 aliphatic carbocycles. The summed E-state index contributed by atoms with van der Waals surface area (Å²) in [6, 6.07) is 3.81. The predicted molar refractivity (Wildman–Crippen MR) is 112 cm³/mol. The summed E-state index contributed by atoms with van der Waals surface area (Å²) < 4.78 is 8.44. The SMILES string of the molecule is CN(C(=O)c1cnn(C)c1C(=O)Nc1ccc2nc(N3CCOCC3)nn2c1)C1CC1. The Hall–Kier alpha value is -3.47. The smallest absolute Gasteiger partial charge is 0.274 e. The van der Waals surface area contributed by atoms with Crippen LogP contribution in [-0.4, -0.2) is 80.5 Å². The maximum Gasteiger partial charge on any atom is 0.274 e. The average molecular weight is 424 g/mol. The quantitative estimate of drug-likeness (QED) is 0.645. The maximum absolute atomic E-state index is 13.0. The number of carbonyl (C=O) groups is 2. The zero-order valence-electron chi connectivity index (χ0n) is 17.5. The lowest BCUT2D eigenvalue weighted by molar-refractivity contribution is 0.0779. The van der Waals surface area contributed by atoms with E-state index in [2.05, 4.69) is 25.4 Å². The van der Waals surface area contributed by atoms with Gasteiger partial charge in [0.05, 0.1) is 36.9 Å². The van der Waals surface area contributed by atoms with E-state index in [0.717, 1.165) is 25.9 Å². The van der Waals surface area contributed by atoms with Crippen LogP contribution in [0.3, 0.4) is 0 Å². The van der Waals surface area contributed by atoms with E-state index >= 15 is 0 Å². The van der Waals surface area contributed by atoms with Crippen molar-refractivity contribution in [2.75, 3.05) is 43.6 Å². The molecule has 0 aromatic carbocycles. The van der Waals surface area contributed by atoms with Gasteiger partial charge in [0.25, 0.3) is 11.8 Å². The largest absolute Gasteiger partial charge is 0.378 e. The Labute approximate surface area is 178 Å². The van der Waals surface area contributed by atoms with Gasteiger partial charge in [0.15, 0.2) is 5.65 Å². The number of amides is 2. The number of rotatable bonds is 5. The Bertz CT molecular complexity index is 1140. The molecule has 11 heteroatoms. The number of hydrogen-bond acceptors (Lipinski definition) is 7. The second-order valence-electron chi connectivity index (χ2n) is 7.86. The molecular weight excluding hydrogens is 400 g/mol. The van der Waals surface area contributed by atoms with Crippen molar-refractivity contribution in [1.82, 2.24) is 29.3 Å². The van der Waals surface area contributed by atoms with E-state index in [1.54, 1.807) is 41.8 Å². The van der Waals surface area contributed by atoms with Gasteiger partial charge in [-0.25, -0.2) is 4.52 Å². The van der Waals surface area contributed by atoms with E-state index in [1.807, 2.05) is 0 Å². The van der Waals surface area contributed by atoms with Gasteiger partial charge < -0.3 is 19.9 Å². The maximum atomic E-state index is 13.0. The predicted octanol–water partition coefficient (Wildman–Crippen LogP) is 0.786. The first-order chi connectivity index (χ1) is 15.0. The van der Waals surface area contributed by atoms with Crippen molar-refractivity contribution >= 4 is 29.1 Å². The molecule has 31 heavy (non-hydrogen) atoms. The highest BCUT2D eigenvalue weighted by Gasteiger charge is 2.33. The van der Waals surface area contributed by atoms with Gasteiger partial charge in [-0.3, -0.25) is 14.3 Å². The number of ether oxygens (including phenoxy) is 1. The van der Waals surface area contributed by atoms with E-state index in [9.17, 15) is 9.59 Å². The highest BCUT2D eigenvalue weighted by atomic mass is 16.5. The molecule has 2 aliphatic rings. The van der Waals surface area contributed by atoms with Crippen LogP contribution in [-0.2, 0) is 11.8 Å². The number of nitrogens with zero attached hydrogens (tertiary/aromatic N) is 7. The standard InChI is InChI=1S/C20H24N8O3/c1-25(14-4-5-14)19(30)15-11-21-26(2)17(15)18(29)22-13-3-6-16-23-20(24-28(16)12-13)27-7-9-31-10-8-27/h3,6,11-12,14H,4-5,7-10H2,1-2H3,(H,22,29). The van der Waals surface area contributed by atoms with Gasteiger partial charge in [0, 0.05) is 33.2 Å². The van der Waals surface area contributed by atoms with Crippen molar-refractivity contribution in [1.29, 1.82) is 0 Å². The number of pyridine rings is 1. The fourth-order valence-electron chi connectivity index (χ4n) is 3.71. The number of aromatic nitrogens is 5. The summed E-state index contributed by atoms with van der Waals surface area (Å²) in [6.45, 7) is 2.79. The van der Waals surface area contributed by atoms with Crippen LogP contribution in [0.4, 0.5) is 11.6 Å². The lowest BCUT2D eigenvalue weighted by Gasteiger charge is -2.25. The van der Waals surface area contributed by atoms with Crippen LogP contribution in [0, 0.1) is 0 Å². The molecule has 0 radical (unpaired) electrons. The minimum atomic E-state index is -0.402. The molecule has 162 valence electrons. The number of fused-ring (bicyclic) bond motifs is 1. The highest BCUT2D eigenvalue weighted by Crippen LogP contribution is 2.27. The molecule has 0 unspecified atom stereocenters. The normalized spacial score (nSPS) is 16.5. The Morgan fingerprint density at radius 3 is 2.74 bits per heavy atom. The van der Waals surface area contributed by atoms with Crippen molar-refractivity contribution in [2.24, 2.45) is 7.05 Å². The van der Waals surface area contributed by atoms with Crippen molar-refractivity contribution in [2.45, 2.75) is 18.9 Å². The third kappa shape index (κ3) is 3.72. The fraction of sp³-hybridized carbons (Fsp3) is 0.450. The van der Waals surface area contributed by atoms with Gasteiger partial charge in [-0.1, -0.05) is 0 Å². The summed E-state index contributed by atoms with van der Waals surface area (Å²) >= 11 is 0. The molecule has 3 aromatic heterocycles. The van der Waals surface area contributed by atoms with Crippen LogP contribution >= 0.6 is 0 Å². The zero-order chi connectivity index (χ0) is 21.5. The Morgan fingerprint density at radius 2 is 2.00 bits per heavy atom. The molecule has 11 nitrogen and oxygen atoms in total. The van der Waals surface area contributed by atoms with Gasteiger partial charge in [-0.05, 0) is 25.0 Å². The first kappa shape index (κ1) is 19.5. The monoisotopic (exact) mass is 424 g/mol. The van der Waals surface area contributed by atoms with E-state index in [-0.39, 0.29) is 17.6 Å². The number of nitrogens with one attached hydrogen (secondary N) is 1. The lowest BCUT2D eigenvalue weighted by atomic mass is 10.2. The van der Waals surface area contributed by atoms with Crippen molar-refractivity contribution < 1.29 is 14.3 Å². The molecule has 0 atom stereocenters. The number of hydrogen-bond donors (Lipinski definition) is 1. The first-order valence-electron chi connectivity index (χ1n) is 10.3. The molecule has 2 amide bonds. The molecule has 1 N–H and O–H groups in total. The number of anilines is 2. The topological polar surface area (TPSA) is 110 Å². The van der Waals surface area contributed by atoms with E-state index in [0.29, 0.717) is 36.1 Å². The summed E-state index contributed by atoms with van der Waals surface area (Å²) in [5, 5.41) is 11.5. The van der Waals surface area contributed by atoms with Crippen LogP contribution in [0.15, 0.2) is 24.5 Å². The Kier molecular flexibility index (Phi) is 4.81. The minimum Gasteiger partial charge on any atom is -0.378 e. The molecule has 0 bridgehead atoms. The fourth-order valence-corrected chi connectivity index (χ4v) is 3.71. The van der Waals surface area contributed by atoms with E-state index in [4.69, 9.17) is 4.74 Å². The second-order valence-corrected chi connectivity index (χ2v) is 7.86. The van der Waals surface area contributed by atoms with Crippen LogP contribution in [0.2, 0.25) is 0 Å². The highest BCUT2D eigenvalue weighted by molar-refractivity contribution is 6.11. The third-order valence-corrected chi connectivity index (χ3v) is 5.67. The van der Waals surface area contributed by atoms with Crippen molar-refractivity contribution in [3.05, 3.63) is 35.8 Å². The Balaban J connectivity index is 1.37. The minimum absolute atomic E-state index is 0.192. The molecular formula is C20H24N8O3. The van der Waals surface area contributed by atoms with Gasteiger partial charge in [-0.15, -0.1) is 5.10 Å². The number of morpholine rings is 1. The summed E-state index contributed by atoms with van der Waals surface area (Å²) in [5.41, 5.74) is 1.75. The zero-order valence-corrected chi connectivity index (χ0v) is 17.5. The molecule has 4 heterocycles. The molecule has 3 aromatic rings. The van der Waals surface area contributed by atoms with Crippen molar-refractivity contribution in [3.8, 4) is 0 Å². The molecule has 0 spiro atoms.